The van der Waals surface area contributed by atoms with Crippen molar-refractivity contribution in [2.75, 3.05) is 25.5 Å². The summed E-state index contributed by atoms with van der Waals surface area (Å²) in [4.78, 5) is 75.1. The van der Waals surface area contributed by atoms with Crippen LogP contribution in [0.3, 0.4) is 0 Å². The van der Waals surface area contributed by atoms with Crippen molar-refractivity contribution in [1.29, 1.82) is 0 Å². The predicted octanol–water partition coefficient (Wildman–Crippen LogP) is 1.13. The number of carboxylic acid groups (broad SMARTS) is 1. The van der Waals surface area contributed by atoms with Gasteiger partial charge in [-0.3, -0.25) is 19.7 Å². The summed E-state index contributed by atoms with van der Waals surface area (Å²) >= 11 is 0. The highest BCUT2D eigenvalue weighted by Gasteiger charge is 2.29. The molecule has 0 fully saturated rings. The van der Waals surface area contributed by atoms with E-state index >= 15 is 0 Å². The van der Waals surface area contributed by atoms with E-state index in [1.807, 2.05) is 18.2 Å². The number of carbonyl (C=O) groups is 5. The summed E-state index contributed by atoms with van der Waals surface area (Å²) in [6.45, 7) is 3.28. The number of nitrogens with zero attached hydrogens (tertiary/aromatic N) is 5. The van der Waals surface area contributed by atoms with Crippen molar-refractivity contribution in [3.63, 3.8) is 0 Å². The van der Waals surface area contributed by atoms with Gasteiger partial charge in [-0.2, -0.15) is 0 Å². The Bertz CT molecular complexity index is 1440. The Kier molecular flexibility index (Phi) is 10.3. The van der Waals surface area contributed by atoms with Crippen molar-refractivity contribution < 1.29 is 38.6 Å². The van der Waals surface area contributed by atoms with E-state index in [1.54, 1.807) is 32.9 Å². The van der Waals surface area contributed by atoms with Crippen molar-refractivity contribution in [3.05, 3.63) is 48.5 Å². The average Bonchev–Trinajstić information content (AvgIpc) is 3.33. The molecule has 0 saturated heterocycles. The zero-order valence-corrected chi connectivity index (χ0v) is 23.5. The Hall–Kier alpha value is -5.28. The highest BCUT2D eigenvalue weighted by Crippen LogP contribution is 2.18. The van der Waals surface area contributed by atoms with Crippen LogP contribution in [0.25, 0.3) is 11.2 Å². The predicted molar refractivity (Wildman–Crippen MR) is 147 cm³/mol. The second kappa shape index (κ2) is 13.9. The third-order valence-electron chi connectivity index (χ3n) is 5.48. The molecule has 0 saturated carbocycles. The third-order valence-corrected chi connectivity index (χ3v) is 5.48. The number of imidazole rings is 1. The number of aliphatic carboxylic acids is 1. The lowest BCUT2D eigenvalue weighted by Crippen LogP contribution is -2.55. The smallest absolute Gasteiger partial charge is 0.413 e. The Morgan fingerprint density at radius 2 is 1.76 bits per heavy atom. The molecular weight excluding hydrogens is 552 g/mol. The van der Waals surface area contributed by atoms with E-state index in [4.69, 9.17) is 9.47 Å². The van der Waals surface area contributed by atoms with E-state index in [9.17, 15) is 29.1 Å². The van der Waals surface area contributed by atoms with Crippen LogP contribution in [0.15, 0.2) is 43.0 Å². The van der Waals surface area contributed by atoms with Gasteiger partial charge in [0.2, 0.25) is 11.8 Å². The first kappa shape index (κ1) is 31.3. The maximum absolute atomic E-state index is 13.2. The monoisotopic (exact) mass is 584 g/mol. The fourth-order valence-corrected chi connectivity index (χ4v) is 3.65. The molecule has 16 nitrogen and oxygen atoms in total. The Morgan fingerprint density at radius 3 is 2.40 bits per heavy atom. The molecule has 16 heteroatoms. The zero-order chi connectivity index (χ0) is 30.9. The normalized spacial score (nSPS) is 11.7. The van der Waals surface area contributed by atoms with Crippen LogP contribution in [0.5, 0.6) is 0 Å². The van der Waals surface area contributed by atoms with Crippen molar-refractivity contribution in [2.45, 2.75) is 45.6 Å². The van der Waals surface area contributed by atoms with E-state index in [0.29, 0.717) is 0 Å². The number of benzene rings is 1. The number of anilines is 1. The fraction of sp³-hybridized carbons (Fsp3) is 0.385. The second-order valence-corrected chi connectivity index (χ2v) is 9.93. The average molecular weight is 585 g/mol. The summed E-state index contributed by atoms with van der Waals surface area (Å²) in [5, 5.41) is 16.6. The van der Waals surface area contributed by atoms with Crippen LogP contribution >= 0.6 is 0 Å². The first-order valence-corrected chi connectivity index (χ1v) is 12.7. The van der Waals surface area contributed by atoms with Crippen LogP contribution in [0.1, 0.15) is 26.3 Å². The van der Waals surface area contributed by atoms with Gasteiger partial charge in [0.05, 0.1) is 12.9 Å². The minimum Gasteiger partial charge on any atom is -0.480 e. The largest absolute Gasteiger partial charge is 0.480 e. The molecule has 4 N–H and O–H groups in total. The highest BCUT2D eigenvalue weighted by molar-refractivity contribution is 5.94. The number of aromatic nitrogens is 4. The van der Waals surface area contributed by atoms with Gasteiger partial charge >= 0.3 is 18.2 Å². The lowest BCUT2D eigenvalue weighted by atomic mass is 10.2. The number of hydrogen-bond donors (Lipinski definition) is 4. The lowest BCUT2D eigenvalue weighted by molar-refractivity contribution is -0.145. The highest BCUT2D eigenvalue weighted by atomic mass is 16.6. The van der Waals surface area contributed by atoms with Gasteiger partial charge in [-0.15, -0.1) is 0 Å². The minimum atomic E-state index is -1.34. The zero-order valence-electron chi connectivity index (χ0n) is 23.5. The number of carbonyl (C=O) groups excluding carboxylic acids is 4. The van der Waals surface area contributed by atoms with Gasteiger partial charge in [0.15, 0.2) is 17.0 Å². The molecule has 0 bridgehead atoms. The quantitative estimate of drug-likeness (QED) is 0.251. The third kappa shape index (κ3) is 9.14. The second-order valence-electron chi connectivity index (χ2n) is 9.93. The molecule has 0 spiro atoms. The summed E-state index contributed by atoms with van der Waals surface area (Å²) in [6.07, 6.45) is 0.721. The van der Waals surface area contributed by atoms with Gasteiger partial charge < -0.3 is 34.7 Å². The topological polar surface area (TPSA) is 207 Å². The molecule has 42 heavy (non-hydrogen) atoms. The Morgan fingerprint density at radius 1 is 1.05 bits per heavy atom. The number of nitrogens with one attached hydrogen (secondary N) is 3. The number of alkyl carbamates (subject to hydrolysis) is 1. The van der Waals surface area contributed by atoms with Gasteiger partial charge in [0, 0.05) is 7.05 Å². The van der Waals surface area contributed by atoms with Crippen LogP contribution in [0.2, 0.25) is 0 Å². The summed E-state index contributed by atoms with van der Waals surface area (Å²) < 4.78 is 11.7. The first-order valence-electron chi connectivity index (χ1n) is 12.7. The minimum absolute atomic E-state index is 0.0308. The van der Waals surface area contributed by atoms with Gasteiger partial charge in [-0.25, -0.2) is 24.5 Å². The van der Waals surface area contributed by atoms with Gasteiger partial charge in [0.25, 0.3) is 0 Å². The number of ether oxygens (including phenoxy) is 2. The van der Waals surface area contributed by atoms with Gasteiger partial charge in [0.1, 0.15) is 37.7 Å². The fourth-order valence-electron chi connectivity index (χ4n) is 3.65. The Labute approximate surface area is 240 Å². The standard InChI is InChI=1S/C26H32N8O8/c1-26(2,3)42-25(40)31-17(23(38)27-4)10-33(12-19(36)37)18(35)11-34-15-30-20-21(28-14-29-22(20)34)32-24(39)41-13-16-8-6-5-7-9-16/h5-9,14-15,17H,10-13H2,1-4H3,(H,27,38)(H,31,40)(H,36,37)(H,28,29,32,39). The summed E-state index contributed by atoms with van der Waals surface area (Å²) in [5.74, 6) is -2.69. The molecule has 2 heterocycles. The molecule has 0 aliphatic heterocycles. The molecule has 1 unspecified atom stereocenters. The van der Waals surface area contributed by atoms with Crippen molar-refractivity contribution in [2.24, 2.45) is 0 Å². The first-order chi connectivity index (χ1) is 19.9. The van der Waals surface area contributed by atoms with E-state index in [0.717, 1.165) is 16.8 Å². The van der Waals surface area contributed by atoms with E-state index in [2.05, 4.69) is 30.9 Å². The van der Waals surface area contributed by atoms with Crippen LogP contribution < -0.4 is 16.0 Å². The van der Waals surface area contributed by atoms with Crippen molar-refractivity contribution in [3.8, 4) is 0 Å². The number of amides is 4. The maximum Gasteiger partial charge on any atom is 0.413 e. The molecule has 4 amide bonds. The number of likely N-dealkylation sites (N-methyl/N-ethyl adjacent to an activating group) is 1. The summed E-state index contributed by atoms with van der Waals surface area (Å²) in [5.41, 5.74) is 0.252. The van der Waals surface area contributed by atoms with E-state index < -0.39 is 61.2 Å². The molecule has 224 valence electrons. The van der Waals surface area contributed by atoms with Gasteiger partial charge in [-0.1, -0.05) is 30.3 Å². The molecular formula is C26H32N8O8. The van der Waals surface area contributed by atoms with Gasteiger partial charge in [-0.05, 0) is 26.3 Å². The van der Waals surface area contributed by atoms with Crippen LogP contribution in [0, 0.1) is 0 Å². The number of rotatable bonds is 11. The number of fused-ring (bicyclic) bond motifs is 1. The molecule has 3 rings (SSSR count). The SMILES string of the molecule is CNC(=O)C(CN(CC(=O)O)C(=O)Cn1cnc2c(NC(=O)OCc3ccccc3)ncnc21)NC(=O)OC(C)(C)C. The summed E-state index contributed by atoms with van der Waals surface area (Å²) in [6, 6.07) is 7.75. The molecule has 1 atom stereocenters. The number of carboxylic acids is 1. The van der Waals surface area contributed by atoms with Crippen LogP contribution in [-0.2, 0) is 37.0 Å². The molecule has 3 aromatic rings. The molecule has 0 aliphatic rings. The van der Waals surface area contributed by atoms with E-state index in [1.165, 1.54) is 17.9 Å². The van der Waals surface area contributed by atoms with Crippen LogP contribution in [0.4, 0.5) is 15.4 Å². The maximum atomic E-state index is 13.2. The molecule has 0 radical (unpaired) electrons. The molecule has 0 aliphatic carbocycles. The van der Waals surface area contributed by atoms with E-state index in [-0.39, 0.29) is 23.6 Å². The number of hydrogen-bond acceptors (Lipinski definition) is 10. The Balaban J connectivity index is 1.74. The van der Waals surface area contributed by atoms with Crippen molar-refractivity contribution >= 4 is 47.0 Å². The molecule has 1 aromatic carbocycles. The van der Waals surface area contributed by atoms with Crippen molar-refractivity contribution in [1.82, 2.24) is 35.1 Å². The molecule has 2 aromatic heterocycles. The lowest BCUT2D eigenvalue weighted by Gasteiger charge is -2.27. The summed E-state index contributed by atoms with van der Waals surface area (Å²) in [7, 11) is 1.33. The van der Waals surface area contributed by atoms with Crippen LogP contribution in [-0.4, -0.2) is 91.3 Å².